The SMILES string of the molecule is CC(=O)OCC1CC(O)C(N)C(OCCCCC(=O)NCCCC[C@H](NC(=O)CCCCOC2OC(COC(C)=O)C(O)C(O)C2N)C(=O)NCCCCCC(=O)O)O1. The summed E-state index contributed by atoms with van der Waals surface area (Å²) in [6, 6.07) is -2.66. The number of rotatable bonds is 29. The molecule has 9 unspecified atom stereocenters. The number of carbonyl (C=O) groups excluding carboxylic acids is 5. The molecule has 0 bridgehead atoms. The van der Waals surface area contributed by atoms with Gasteiger partial charge in [-0.25, -0.2) is 0 Å². The molecule has 0 spiro atoms. The Balaban J connectivity index is 1.72. The molecule has 0 aromatic rings. The first-order chi connectivity index (χ1) is 28.1. The van der Waals surface area contributed by atoms with Crippen LogP contribution in [0.3, 0.4) is 0 Å². The molecule has 2 saturated heterocycles. The summed E-state index contributed by atoms with van der Waals surface area (Å²) in [6.45, 7) is 3.20. The summed E-state index contributed by atoms with van der Waals surface area (Å²) in [7, 11) is 0. The number of unbranched alkanes of at least 4 members (excludes halogenated alkanes) is 5. The third-order valence-corrected chi connectivity index (χ3v) is 9.68. The van der Waals surface area contributed by atoms with E-state index in [0.29, 0.717) is 77.3 Å². The van der Waals surface area contributed by atoms with Crippen LogP contribution in [0.15, 0.2) is 0 Å². The molecule has 21 nitrogen and oxygen atoms in total. The van der Waals surface area contributed by atoms with E-state index in [1.807, 2.05) is 0 Å². The Labute approximate surface area is 344 Å². The molecular formula is C38H67N5O16. The Kier molecular flexibility index (Phi) is 25.2. The van der Waals surface area contributed by atoms with Crippen molar-refractivity contribution in [2.24, 2.45) is 11.5 Å². The minimum Gasteiger partial charge on any atom is -0.481 e. The van der Waals surface area contributed by atoms with Crippen molar-refractivity contribution in [3.8, 4) is 0 Å². The number of hydrogen-bond acceptors (Lipinski definition) is 17. The third-order valence-electron chi connectivity index (χ3n) is 9.68. The predicted molar refractivity (Wildman–Crippen MR) is 207 cm³/mol. The zero-order chi connectivity index (χ0) is 43.7. The number of aliphatic hydroxyl groups excluding tert-OH is 3. The molecule has 2 aliphatic heterocycles. The Morgan fingerprint density at radius 2 is 1.25 bits per heavy atom. The van der Waals surface area contributed by atoms with Crippen LogP contribution >= 0.6 is 0 Å². The van der Waals surface area contributed by atoms with Gasteiger partial charge in [-0.1, -0.05) is 6.42 Å². The molecule has 0 aliphatic carbocycles. The van der Waals surface area contributed by atoms with Crippen molar-refractivity contribution in [1.82, 2.24) is 16.0 Å². The molecule has 0 aromatic carbocycles. The minimum atomic E-state index is -1.38. The van der Waals surface area contributed by atoms with E-state index in [9.17, 15) is 44.1 Å². The standard InChI is InChI=1S/C38H67N5O16/c1-23(44)56-21-25-20-27(46)32(39)37(58-25)54-18-10-6-13-29(47)41-16-9-5-12-26(36(53)42-17-8-3-4-15-31(49)50)43-30(48)14-7-11-19-55-38-33(40)35(52)34(51)28(59-38)22-57-24(2)45/h25-28,32-35,37-38,46,51-52H,3-22,39-40H2,1-2H3,(H,41,47)(H,42,53)(H,43,48)(H,49,50)/t25?,26-,27?,28?,32?,33?,34?,35?,37?,38?/m0/s1. The summed E-state index contributed by atoms with van der Waals surface area (Å²) >= 11 is 0. The van der Waals surface area contributed by atoms with Crippen LogP contribution in [0, 0.1) is 0 Å². The van der Waals surface area contributed by atoms with Crippen LogP contribution in [0.1, 0.15) is 104 Å². The highest BCUT2D eigenvalue weighted by Crippen LogP contribution is 2.23. The zero-order valence-corrected chi connectivity index (χ0v) is 34.3. The van der Waals surface area contributed by atoms with Crippen LogP contribution < -0.4 is 27.4 Å². The molecule has 0 saturated carbocycles. The molecule has 10 atom stereocenters. The molecule has 2 fully saturated rings. The largest absolute Gasteiger partial charge is 0.481 e. The number of aliphatic hydroxyl groups is 3. The summed E-state index contributed by atoms with van der Waals surface area (Å²) in [6.07, 6.45) is -1.68. The van der Waals surface area contributed by atoms with Gasteiger partial charge in [0.25, 0.3) is 0 Å². The minimum absolute atomic E-state index is 0.0176. The summed E-state index contributed by atoms with van der Waals surface area (Å²) in [5, 5.41) is 48.0. The van der Waals surface area contributed by atoms with Crippen molar-refractivity contribution >= 4 is 35.6 Å². The van der Waals surface area contributed by atoms with Crippen LogP contribution in [0.2, 0.25) is 0 Å². The Morgan fingerprint density at radius 1 is 0.678 bits per heavy atom. The fourth-order valence-electron chi connectivity index (χ4n) is 6.26. The second kappa shape index (κ2) is 28.8. The van der Waals surface area contributed by atoms with E-state index in [1.54, 1.807) is 0 Å². The Bertz CT molecular complexity index is 1300. The van der Waals surface area contributed by atoms with Gasteiger partial charge in [-0.15, -0.1) is 0 Å². The highest BCUT2D eigenvalue weighted by atomic mass is 16.7. The van der Waals surface area contributed by atoms with Gasteiger partial charge in [0.1, 0.15) is 37.6 Å². The van der Waals surface area contributed by atoms with Crippen molar-refractivity contribution in [1.29, 1.82) is 0 Å². The lowest BCUT2D eigenvalue weighted by molar-refractivity contribution is -0.267. The first-order valence-corrected chi connectivity index (χ1v) is 20.5. The molecule has 0 radical (unpaired) electrons. The van der Waals surface area contributed by atoms with Gasteiger partial charge in [0, 0.05) is 65.8 Å². The van der Waals surface area contributed by atoms with Crippen molar-refractivity contribution in [2.45, 2.75) is 165 Å². The number of amides is 3. The van der Waals surface area contributed by atoms with E-state index in [-0.39, 0.29) is 69.8 Å². The van der Waals surface area contributed by atoms with Gasteiger partial charge < -0.3 is 76.3 Å². The quantitative estimate of drug-likeness (QED) is 0.0309. The fraction of sp³-hybridized carbons (Fsp3) is 0.842. The molecular weight excluding hydrogens is 782 g/mol. The number of carboxylic acids is 1. The molecule has 2 heterocycles. The third kappa shape index (κ3) is 21.5. The van der Waals surface area contributed by atoms with Crippen molar-refractivity contribution < 1.29 is 77.6 Å². The van der Waals surface area contributed by atoms with E-state index < -0.39 is 79.1 Å². The summed E-state index contributed by atoms with van der Waals surface area (Å²) < 4.78 is 32.5. The average molecular weight is 850 g/mol. The fourth-order valence-corrected chi connectivity index (χ4v) is 6.26. The number of aliphatic carboxylic acids is 1. The number of hydrogen-bond donors (Lipinski definition) is 9. The number of nitrogens with one attached hydrogen (secondary N) is 3. The second-order valence-corrected chi connectivity index (χ2v) is 14.8. The lowest BCUT2D eigenvalue weighted by Gasteiger charge is -2.40. The van der Waals surface area contributed by atoms with Crippen LogP contribution in [0.4, 0.5) is 0 Å². The van der Waals surface area contributed by atoms with Gasteiger partial charge in [-0.05, 0) is 57.8 Å². The van der Waals surface area contributed by atoms with Crippen LogP contribution in [0.5, 0.6) is 0 Å². The Morgan fingerprint density at radius 3 is 1.90 bits per heavy atom. The first kappa shape index (κ1) is 51.6. The lowest BCUT2D eigenvalue weighted by atomic mass is 9.98. The summed E-state index contributed by atoms with van der Waals surface area (Å²) in [4.78, 5) is 71.3. The van der Waals surface area contributed by atoms with Gasteiger partial charge in [0.05, 0.1) is 24.3 Å². The molecule has 2 aliphatic rings. The summed E-state index contributed by atoms with van der Waals surface area (Å²) in [5.41, 5.74) is 12.0. The maximum Gasteiger partial charge on any atom is 0.303 e. The maximum atomic E-state index is 13.1. The van der Waals surface area contributed by atoms with Gasteiger partial charge >= 0.3 is 17.9 Å². The lowest BCUT2D eigenvalue weighted by Crippen LogP contribution is -2.62. The molecule has 21 heteroatoms. The number of nitrogens with two attached hydrogens (primary N) is 2. The first-order valence-electron chi connectivity index (χ1n) is 20.5. The van der Waals surface area contributed by atoms with Gasteiger partial charge in [-0.2, -0.15) is 0 Å². The van der Waals surface area contributed by atoms with E-state index in [4.69, 9.17) is 45.0 Å². The van der Waals surface area contributed by atoms with Crippen LogP contribution in [-0.4, -0.2) is 157 Å². The van der Waals surface area contributed by atoms with E-state index in [0.717, 1.165) is 0 Å². The van der Waals surface area contributed by atoms with Crippen molar-refractivity contribution in [3.05, 3.63) is 0 Å². The van der Waals surface area contributed by atoms with E-state index in [2.05, 4.69) is 16.0 Å². The molecule has 59 heavy (non-hydrogen) atoms. The highest BCUT2D eigenvalue weighted by Gasteiger charge is 2.43. The highest BCUT2D eigenvalue weighted by molar-refractivity contribution is 5.87. The average Bonchev–Trinajstić information content (AvgIpc) is 3.18. The topological polar surface area (TPSA) is 327 Å². The molecule has 340 valence electrons. The van der Waals surface area contributed by atoms with E-state index >= 15 is 0 Å². The second-order valence-electron chi connectivity index (χ2n) is 14.8. The van der Waals surface area contributed by atoms with Crippen LogP contribution in [0.25, 0.3) is 0 Å². The number of carbonyl (C=O) groups is 6. The van der Waals surface area contributed by atoms with Gasteiger partial charge in [0.15, 0.2) is 12.6 Å². The molecule has 3 amide bonds. The molecule has 2 rings (SSSR count). The Hall–Kier alpha value is -3.54. The molecule has 11 N–H and O–H groups in total. The normalized spacial score (nSPS) is 26.0. The monoisotopic (exact) mass is 849 g/mol. The summed E-state index contributed by atoms with van der Waals surface area (Å²) in [5.74, 6) is -2.81. The van der Waals surface area contributed by atoms with Crippen molar-refractivity contribution in [2.75, 3.05) is 39.5 Å². The van der Waals surface area contributed by atoms with E-state index in [1.165, 1.54) is 13.8 Å². The van der Waals surface area contributed by atoms with Crippen LogP contribution in [-0.2, 0) is 57.2 Å². The van der Waals surface area contributed by atoms with Gasteiger partial charge in [-0.3, -0.25) is 28.8 Å². The zero-order valence-electron chi connectivity index (χ0n) is 34.3. The number of carboxylic acid groups (broad SMARTS) is 1. The van der Waals surface area contributed by atoms with Gasteiger partial charge in [0.2, 0.25) is 17.7 Å². The number of esters is 2. The predicted octanol–water partition coefficient (Wildman–Crippen LogP) is -1.40. The van der Waals surface area contributed by atoms with Crippen molar-refractivity contribution in [3.63, 3.8) is 0 Å². The maximum absolute atomic E-state index is 13.1. The number of ether oxygens (including phenoxy) is 6. The molecule has 0 aromatic heterocycles. The smallest absolute Gasteiger partial charge is 0.303 e.